The van der Waals surface area contributed by atoms with E-state index in [0.29, 0.717) is 10.9 Å². The summed E-state index contributed by atoms with van der Waals surface area (Å²) in [6, 6.07) is 10.8. The minimum atomic E-state index is -1.60. The van der Waals surface area contributed by atoms with Crippen LogP contribution in [0.4, 0.5) is 0 Å². The molecule has 1 nitrogen and oxygen atoms in total. The minimum absolute atomic E-state index is 0.0214. The predicted octanol–water partition coefficient (Wildman–Crippen LogP) is 4.37. The van der Waals surface area contributed by atoms with Gasteiger partial charge in [0.05, 0.1) is 0 Å². The third-order valence-corrected chi connectivity index (χ3v) is 2.82. The zero-order valence-corrected chi connectivity index (χ0v) is 9.81. The molecule has 0 saturated heterocycles. The van der Waals surface area contributed by atoms with Gasteiger partial charge in [-0.25, -0.2) is 0 Å². The van der Waals surface area contributed by atoms with Gasteiger partial charge in [-0.3, -0.25) is 0 Å². The summed E-state index contributed by atoms with van der Waals surface area (Å²) in [6.07, 6.45) is 0. The number of hydrogen-bond donors (Lipinski definition) is 1. The molecule has 0 unspecified atom stereocenters. The van der Waals surface area contributed by atoms with Crippen LogP contribution in [0.3, 0.4) is 0 Å². The highest BCUT2D eigenvalue weighted by Crippen LogP contribution is 2.44. The average Bonchev–Trinajstić information content (AvgIpc) is 2.16. The maximum atomic E-state index is 9.93. The van der Waals surface area contributed by atoms with Gasteiger partial charge in [-0.15, -0.1) is 0 Å². The summed E-state index contributed by atoms with van der Waals surface area (Å²) in [5.41, 5.74) is 0.297. The number of alkyl halides is 3. The SMILES string of the molecule is Oc1c(C(Cl)(Cl)Cl)ccc2ccccc12. The van der Waals surface area contributed by atoms with Crippen LogP contribution in [0.15, 0.2) is 36.4 Å². The van der Waals surface area contributed by atoms with Gasteiger partial charge in [0, 0.05) is 10.9 Å². The van der Waals surface area contributed by atoms with Gasteiger partial charge in [-0.05, 0) is 5.39 Å². The molecule has 0 atom stereocenters. The molecule has 2 aromatic carbocycles. The summed E-state index contributed by atoms with van der Waals surface area (Å²) >= 11 is 17.2. The lowest BCUT2D eigenvalue weighted by atomic mass is 10.1. The Bertz CT molecular complexity index is 503. The normalized spacial score (nSPS) is 11.9. The Kier molecular flexibility index (Phi) is 2.72. The summed E-state index contributed by atoms with van der Waals surface area (Å²) in [5, 5.41) is 11.5. The van der Waals surface area contributed by atoms with Crippen molar-refractivity contribution in [3.05, 3.63) is 42.0 Å². The highest BCUT2D eigenvalue weighted by molar-refractivity contribution is 6.67. The Morgan fingerprint density at radius 2 is 1.60 bits per heavy atom. The summed E-state index contributed by atoms with van der Waals surface area (Å²) < 4.78 is -1.60. The van der Waals surface area contributed by atoms with E-state index in [9.17, 15) is 5.11 Å². The van der Waals surface area contributed by atoms with Gasteiger partial charge in [0.1, 0.15) is 5.75 Å². The van der Waals surface area contributed by atoms with Gasteiger partial charge >= 0.3 is 0 Å². The number of benzene rings is 2. The molecule has 0 radical (unpaired) electrons. The van der Waals surface area contributed by atoms with Gasteiger partial charge in [-0.1, -0.05) is 71.2 Å². The number of phenols is 1. The number of halogens is 3. The molecule has 4 heteroatoms. The fourth-order valence-electron chi connectivity index (χ4n) is 1.48. The third-order valence-electron chi connectivity index (χ3n) is 2.21. The van der Waals surface area contributed by atoms with Crippen molar-refractivity contribution in [1.29, 1.82) is 0 Å². The summed E-state index contributed by atoms with van der Waals surface area (Å²) in [4.78, 5) is 0. The fourth-order valence-corrected chi connectivity index (χ4v) is 1.94. The molecule has 15 heavy (non-hydrogen) atoms. The Hall–Kier alpha value is -0.630. The Balaban J connectivity index is 2.76. The molecule has 0 amide bonds. The molecule has 2 aromatic rings. The van der Waals surface area contributed by atoms with E-state index in [0.717, 1.165) is 5.39 Å². The fraction of sp³-hybridized carbons (Fsp3) is 0.0909. The van der Waals surface area contributed by atoms with Gasteiger partial charge in [0.2, 0.25) is 3.79 Å². The molecule has 0 saturated carbocycles. The molecule has 0 aromatic heterocycles. The second kappa shape index (κ2) is 3.75. The lowest BCUT2D eigenvalue weighted by Crippen LogP contribution is -2.00. The van der Waals surface area contributed by atoms with Crippen LogP contribution < -0.4 is 0 Å². The third kappa shape index (κ3) is 2.00. The molecule has 0 aliphatic heterocycles. The molecule has 2 rings (SSSR count). The molecule has 0 bridgehead atoms. The second-order valence-electron chi connectivity index (χ2n) is 3.18. The Morgan fingerprint density at radius 1 is 0.933 bits per heavy atom. The molecule has 0 heterocycles. The van der Waals surface area contributed by atoms with Crippen molar-refractivity contribution in [3.63, 3.8) is 0 Å². The number of fused-ring (bicyclic) bond motifs is 1. The molecule has 1 N–H and O–H groups in total. The monoisotopic (exact) mass is 260 g/mol. The zero-order chi connectivity index (χ0) is 11.1. The van der Waals surface area contributed by atoms with E-state index in [-0.39, 0.29) is 5.75 Å². The van der Waals surface area contributed by atoms with Crippen LogP contribution in [0.5, 0.6) is 5.75 Å². The van der Waals surface area contributed by atoms with E-state index in [1.54, 1.807) is 12.1 Å². The molecule has 0 aliphatic carbocycles. The zero-order valence-electron chi connectivity index (χ0n) is 7.55. The number of aromatic hydroxyl groups is 1. The van der Waals surface area contributed by atoms with E-state index in [1.807, 2.05) is 24.3 Å². The molecule has 0 spiro atoms. The van der Waals surface area contributed by atoms with Crippen molar-refractivity contribution in [2.75, 3.05) is 0 Å². The quantitative estimate of drug-likeness (QED) is 0.698. The molecular formula is C11H7Cl3O. The maximum absolute atomic E-state index is 9.93. The first-order valence-corrected chi connectivity index (χ1v) is 5.41. The van der Waals surface area contributed by atoms with Crippen molar-refractivity contribution in [3.8, 4) is 5.75 Å². The first kappa shape index (κ1) is 10.9. The van der Waals surface area contributed by atoms with Crippen LogP contribution in [0, 0.1) is 0 Å². The lowest BCUT2D eigenvalue weighted by Gasteiger charge is -2.14. The largest absolute Gasteiger partial charge is 0.507 e. The highest BCUT2D eigenvalue weighted by atomic mass is 35.6. The lowest BCUT2D eigenvalue weighted by molar-refractivity contribution is 0.475. The van der Waals surface area contributed by atoms with Crippen LogP contribution in [0.1, 0.15) is 5.56 Å². The van der Waals surface area contributed by atoms with Gasteiger partial charge in [-0.2, -0.15) is 0 Å². The van der Waals surface area contributed by atoms with Crippen molar-refractivity contribution >= 4 is 45.6 Å². The van der Waals surface area contributed by atoms with E-state index in [4.69, 9.17) is 34.8 Å². The van der Waals surface area contributed by atoms with Crippen LogP contribution in [0.25, 0.3) is 10.8 Å². The predicted molar refractivity (Wildman–Crippen MR) is 64.8 cm³/mol. The van der Waals surface area contributed by atoms with Crippen LogP contribution in [-0.4, -0.2) is 5.11 Å². The summed E-state index contributed by atoms with van der Waals surface area (Å²) in [7, 11) is 0. The first-order valence-electron chi connectivity index (χ1n) is 4.28. The topological polar surface area (TPSA) is 20.2 Å². The van der Waals surface area contributed by atoms with Gasteiger partial charge in [0.25, 0.3) is 0 Å². The van der Waals surface area contributed by atoms with Crippen molar-refractivity contribution in [2.24, 2.45) is 0 Å². The molecule has 0 fully saturated rings. The standard InChI is InChI=1S/C11H7Cl3O/c12-11(13,14)9-6-5-7-3-1-2-4-8(7)10(9)15/h1-6,15H. The van der Waals surface area contributed by atoms with Crippen molar-refractivity contribution in [1.82, 2.24) is 0 Å². The first-order chi connectivity index (χ1) is 7.00. The smallest absolute Gasteiger partial charge is 0.219 e. The summed E-state index contributed by atoms with van der Waals surface area (Å²) in [6.45, 7) is 0. The number of rotatable bonds is 0. The number of phenolic OH excluding ortho intramolecular Hbond substituents is 1. The maximum Gasteiger partial charge on any atom is 0.219 e. The van der Waals surface area contributed by atoms with Crippen molar-refractivity contribution < 1.29 is 5.11 Å². The van der Waals surface area contributed by atoms with E-state index in [2.05, 4.69) is 0 Å². The highest BCUT2D eigenvalue weighted by Gasteiger charge is 2.27. The minimum Gasteiger partial charge on any atom is -0.507 e. The molecule has 78 valence electrons. The van der Waals surface area contributed by atoms with Crippen LogP contribution in [0.2, 0.25) is 0 Å². The van der Waals surface area contributed by atoms with E-state index in [1.165, 1.54) is 0 Å². The van der Waals surface area contributed by atoms with Crippen LogP contribution in [-0.2, 0) is 3.79 Å². The number of hydrogen-bond acceptors (Lipinski definition) is 1. The summed E-state index contributed by atoms with van der Waals surface area (Å²) in [5.74, 6) is 0.0214. The molecular weight excluding hydrogens is 254 g/mol. The Morgan fingerprint density at radius 3 is 2.27 bits per heavy atom. The second-order valence-corrected chi connectivity index (χ2v) is 5.46. The average molecular weight is 262 g/mol. The molecule has 0 aliphatic rings. The van der Waals surface area contributed by atoms with E-state index >= 15 is 0 Å². The van der Waals surface area contributed by atoms with E-state index < -0.39 is 3.79 Å². The van der Waals surface area contributed by atoms with Crippen molar-refractivity contribution in [2.45, 2.75) is 3.79 Å². The van der Waals surface area contributed by atoms with Crippen LogP contribution >= 0.6 is 34.8 Å². The Labute approximate surface area is 102 Å². The van der Waals surface area contributed by atoms with Gasteiger partial charge < -0.3 is 5.11 Å². The van der Waals surface area contributed by atoms with Gasteiger partial charge in [0.15, 0.2) is 0 Å².